The molecule has 4 nitrogen and oxygen atoms in total. The second-order valence-electron chi connectivity index (χ2n) is 3.18. The number of aromatic nitrogens is 1. The first-order chi connectivity index (χ1) is 7.68. The minimum Gasteiger partial charge on any atom is -0.469 e. The predicted molar refractivity (Wildman–Crippen MR) is 60.6 cm³/mol. The Morgan fingerprint density at radius 1 is 1.50 bits per heavy atom. The number of aryl methyl sites for hydroxylation is 1. The molecule has 0 aromatic carbocycles. The van der Waals surface area contributed by atoms with Crippen LogP contribution in [0.5, 0.6) is 0 Å². The van der Waals surface area contributed by atoms with E-state index in [1.165, 1.54) is 6.26 Å². The summed E-state index contributed by atoms with van der Waals surface area (Å²) in [6.45, 7) is 1.72. The Bertz CT molecular complexity index is 522. The lowest BCUT2D eigenvalue weighted by atomic mass is 10.2. The summed E-state index contributed by atoms with van der Waals surface area (Å²) in [6, 6.07) is 4.95. The Hall–Kier alpha value is -1.81. The van der Waals surface area contributed by atoms with Crippen molar-refractivity contribution >= 4 is 23.3 Å². The molecule has 0 radical (unpaired) electrons. The number of carbonyl (C=O) groups excluding carboxylic acids is 1. The van der Waals surface area contributed by atoms with Crippen LogP contribution < -0.4 is 5.32 Å². The fourth-order valence-electron chi connectivity index (χ4n) is 1.27. The highest BCUT2D eigenvalue weighted by Gasteiger charge is 2.13. The summed E-state index contributed by atoms with van der Waals surface area (Å²) in [7, 11) is 0. The zero-order valence-electron chi connectivity index (χ0n) is 8.53. The molecular formula is C11H9ClN2O2. The minimum absolute atomic E-state index is 0.285. The van der Waals surface area contributed by atoms with Gasteiger partial charge in [0.1, 0.15) is 5.76 Å². The Morgan fingerprint density at radius 3 is 2.94 bits per heavy atom. The SMILES string of the molecule is Cc1occc1C(=O)Nc1ncccc1Cl. The van der Waals surface area contributed by atoms with E-state index in [0.29, 0.717) is 22.2 Å². The van der Waals surface area contributed by atoms with Crippen LogP contribution in [0, 0.1) is 6.92 Å². The number of anilines is 1. The molecule has 0 saturated heterocycles. The second-order valence-corrected chi connectivity index (χ2v) is 3.59. The number of halogens is 1. The van der Waals surface area contributed by atoms with E-state index in [9.17, 15) is 4.79 Å². The van der Waals surface area contributed by atoms with E-state index in [1.54, 1.807) is 31.3 Å². The van der Waals surface area contributed by atoms with Gasteiger partial charge < -0.3 is 9.73 Å². The molecule has 5 heteroatoms. The molecule has 2 rings (SSSR count). The van der Waals surface area contributed by atoms with E-state index in [4.69, 9.17) is 16.0 Å². The molecule has 0 unspecified atom stereocenters. The van der Waals surface area contributed by atoms with E-state index in [2.05, 4.69) is 10.3 Å². The lowest BCUT2D eigenvalue weighted by Gasteiger charge is -2.04. The largest absolute Gasteiger partial charge is 0.469 e. The molecule has 0 aliphatic carbocycles. The zero-order chi connectivity index (χ0) is 11.5. The summed E-state index contributed by atoms with van der Waals surface area (Å²) in [6.07, 6.45) is 3.02. The molecule has 0 spiro atoms. The Balaban J connectivity index is 2.21. The number of nitrogens with zero attached hydrogens (tertiary/aromatic N) is 1. The van der Waals surface area contributed by atoms with Crippen LogP contribution in [0.3, 0.4) is 0 Å². The Kier molecular flexibility index (Phi) is 2.92. The van der Waals surface area contributed by atoms with Crippen molar-refractivity contribution in [3.05, 3.63) is 47.0 Å². The topological polar surface area (TPSA) is 55.1 Å². The molecule has 0 bridgehead atoms. The highest BCUT2D eigenvalue weighted by molar-refractivity contribution is 6.33. The summed E-state index contributed by atoms with van der Waals surface area (Å²) in [5.41, 5.74) is 0.474. The number of nitrogens with one attached hydrogen (secondary N) is 1. The van der Waals surface area contributed by atoms with Crippen LogP contribution in [0.1, 0.15) is 16.1 Å². The summed E-state index contributed by atoms with van der Waals surface area (Å²) in [5, 5.41) is 3.01. The number of furan rings is 1. The van der Waals surface area contributed by atoms with E-state index in [1.807, 2.05) is 0 Å². The average molecular weight is 237 g/mol. The van der Waals surface area contributed by atoms with Crippen molar-refractivity contribution in [1.82, 2.24) is 4.98 Å². The van der Waals surface area contributed by atoms with Gasteiger partial charge in [0.2, 0.25) is 0 Å². The molecular weight excluding hydrogens is 228 g/mol. The third-order valence-corrected chi connectivity index (χ3v) is 2.40. The van der Waals surface area contributed by atoms with E-state index in [0.717, 1.165) is 0 Å². The number of pyridine rings is 1. The zero-order valence-corrected chi connectivity index (χ0v) is 9.28. The molecule has 2 aromatic rings. The number of hydrogen-bond donors (Lipinski definition) is 1. The van der Waals surface area contributed by atoms with Gasteiger partial charge in [-0.1, -0.05) is 11.6 Å². The van der Waals surface area contributed by atoms with Crippen molar-refractivity contribution in [2.24, 2.45) is 0 Å². The van der Waals surface area contributed by atoms with Crippen molar-refractivity contribution in [3.63, 3.8) is 0 Å². The quantitative estimate of drug-likeness (QED) is 0.872. The van der Waals surface area contributed by atoms with Gasteiger partial charge in [-0.25, -0.2) is 4.98 Å². The van der Waals surface area contributed by atoms with Gasteiger partial charge in [0.15, 0.2) is 5.82 Å². The van der Waals surface area contributed by atoms with Crippen LogP contribution in [0.15, 0.2) is 35.1 Å². The number of carbonyl (C=O) groups is 1. The monoisotopic (exact) mass is 236 g/mol. The summed E-state index contributed by atoms with van der Waals surface area (Å²) >= 11 is 5.87. The number of rotatable bonds is 2. The first-order valence-corrected chi connectivity index (χ1v) is 5.02. The fourth-order valence-corrected chi connectivity index (χ4v) is 1.44. The van der Waals surface area contributed by atoms with Crippen molar-refractivity contribution in [1.29, 1.82) is 0 Å². The minimum atomic E-state index is -0.285. The summed E-state index contributed by atoms with van der Waals surface area (Å²) in [5.74, 6) is 0.617. The third kappa shape index (κ3) is 2.06. The maximum absolute atomic E-state index is 11.8. The van der Waals surface area contributed by atoms with Crippen LogP contribution in [-0.4, -0.2) is 10.9 Å². The van der Waals surface area contributed by atoms with Crippen molar-refractivity contribution in [2.75, 3.05) is 5.32 Å². The van der Waals surface area contributed by atoms with E-state index in [-0.39, 0.29) is 5.91 Å². The molecule has 2 heterocycles. The van der Waals surface area contributed by atoms with Crippen molar-refractivity contribution < 1.29 is 9.21 Å². The van der Waals surface area contributed by atoms with Crippen LogP contribution in [0.2, 0.25) is 5.02 Å². The van der Waals surface area contributed by atoms with Gasteiger partial charge in [0.05, 0.1) is 16.8 Å². The predicted octanol–water partition coefficient (Wildman–Crippen LogP) is 2.89. The summed E-state index contributed by atoms with van der Waals surface area (Å²) in [4.78, 5) is 15.7. The van der Waals surface area contributed by atoms with Gasteiger partial charge in [0, 0.05) is 6.20 Å². The van der Waals surface area contributed by atoms with Gasteiger partial charge in [-0.15, -0.1) is 0 Å². The molecule has 0 fully saturated rings. The van der Waals surface area contributed by atoms with Crippen LogP contribution >= 0.6 is 11.6 Å². The molecule has 0 saturated carbocycles. The lowest BCUT2D eigenvalue weighted by molar-refractivity contribution is 0.102. The first kappa shape index (κ1) is 10.7. The number of hydrogen-bond acceptors (Lipinski definition) is 3. The first-order valence-electron chi connectivity index (χ1n) is 4.64. The van der Waals surface area contributed by atoms with Gasteiger partial charge in [-0.3, -0.25) is 4.79 Å². The molecule has 1 N–H and O–H groups in total. The van der Waals surface area contributed by atoms with Crippen LogP contribution in [-0.2, 0) is 0 Å². The van der Waals surface area contributed by atoms with E-state index < -0.39 is 0 Å². The van der Waals surface area contributed by atoms with Crippen LogP contribution in [0.4, 0.5) is 5.82 Å². The molecule has 16 heavy (non-hydrogen) atoms. The van der Waals surface area contributed by atoms with Gasteiger partial charge >= 0.3 is 0 Å². The average Bonchev–Trinajstić information content (AvgIpc) is 2.68. The lowest BCUT2D eigenvalue weighted by Crippen LogP contribution is -2.13. The Labute approximate surface area is 97.2 Å². The standard InChI is InChI=1S/C11H9ClN2O2/c1-7-8(4-6-16-7)11(15)14-10-9(12)3-2-5-13-10/h2-6H,1H3,(H,13,14,15). The summed E-state index contributed by atoms with van der Waals surface area (Å²) < 4.78 is 5.04. The second kappa shape index (κ2) is 4.37. The molecule has 2 aromatic heterocycles. The van der Waals surface area contributed by atoms with Crippen molar-refractivity contribution in [2.45, 2.75) is 6.92 Å². The maximum Gasteiger partial charge on any atom is 0.260 e. The number of amides is 1. The molecule has 1 amide bonds. The Morgan fingerprint density at radius 2 is 2.31 bits per heavy atom. The van der Waals surface area contributed by atoms with Gasteiger partial charge in [-0.2, -0.15) is 0 Å². The molecule has 82 valence electrons. The molecule has 0 atom stereocenters. The normalized spacial score (nSPS) is 10.1. The maximum atomic E-state index is 11.8. The van der Waals surface area contributed by atoms with Gasteiger partial charge in [0.25, 0.3) is 5.91 Å². The highest BCUT2D eigenvalue weighted by atomic mass is 35.5. The molecule has 0 aliphatic heterocycles. The van der Waals surface area contributed by atoms with Crippen molar-refractivity contribution in [3.8, 4) is 0 Å². The fraction of sp³-hybridized carbons (Fsp3) is 0.0909. The highest BCUT2D eigenvalue weighted by Crippen LogP contribution is 2.19. The van der Waals surface area contributed by atoms with Crippen LogP contribution in [0.25, 0.3) is 0 Å². The van der Waals surface area contributed by atoms with E-state index >= 15 is 0 Å². The van der Waals surface area contributed by atoms with Gasteiger partial charge in [-0.05, 0) is 25.1 Å². The molecule has 0 aliphatic rings. The smallest absolute Gasteiger partial charge is 0.260 e. The third-order valence-electron chi connectivity index (χ3n) is 2.09.